The van der Waals surface area contributed by atoms with Gasteiger partial charge in [0.15, 0.2) is 0 Å². The van der Waals surface area contributed by atoms with Gasteiger partial charge in [-0.25, -0.2) is 4.57 Å². The van der Waals surface area contributed by atoms with Crippen LogP contribution in [-0.4, -0.2) is 65.1 Å². The van der Waals surface area contributed by atoms with Crippen LogP contribution < -0.4 is 0 Å². The summed E-state index contributed by atoms with van der Waals surface area (Å²) in [6.45, 7) is 8.11. The largest absolute Gasteiger partial charge is 0.392 e. The van der Waals surface area contributed by atoms with Crippen molar-refractivity contribution in [3.05, 3.63) is 0 Å². The molecule has 1 aliphatic heterocycles. The maximum absolute atomic E-state index is 12.7. The molecule has 1 saturated carbocycles. The van der Waals surface area contributed by atoms with Crippen molar-refractivity contribution in [2.45, 2.75) is 97.1 Å². The van der Waals surface area contributed by atoms with Crippen molar-refractivity contribution in [3.63, 3.8) is 0 Å². The van der Waals surface area contributed by atoms with Crippen molar-refractivity contribution in [1.82, 2.24) is 0 Å². The van der Waals surface area contributed by atoms with Gasteiger partial charge in [-0.3, -0.25) is 4.52 Å². The molecule has 0 spiro atoms. The fourth-order valence-corrected chi connectivity index (χ4v) is 6.68. The van der Waals surface area contributed by atoms with Crippen LogP contribution in [0.15, 0.2) is 0 Å². The Bertz CT molecular complexity index is 532. The van der Waals surface area contributed by atoms with Crippen LogP contribution in [-0.2, 0) is 23.3 Å². The summed E-state index contributed by atoms with van der Waals surface area (Å²) >= 11 is 0.886. The van der Waals surface area contributed by atoms with Crippen LogP contribution in [0.2, 0.25) is 0 Å². The Balaban J connectivity index is 1.91. The lowest BCUT2D eigenvalue weighted by molar-refractivity contribution is -0.0340. The fraction of sp³-hybridized carbons (Fsp3) is 1.00. The first-order chi connectivity index (χ1) is 13.0. The van der Waals surface area contributed by atoms with E-state index in [4.69, 9.17) is 18.7 Å². The van der Waals surface area contributed by atoms with Crippen LogP contribution in [0.5, 0.6) is 0 Å². The number of hydrogen-bond donors (Lipinski definition) is 2. The Morgan fingerprint density at radius 1 is 1.14 bits per heavy atom. The lowest BCUT2D eigenvalue weighted by Crippen LogP contribution is -2.31. The van der Waals surface area contributed by atoms with E-state index in [9.17, 15) is 14.6 Å². The molecule has 7 nitrogen and oxygen atoms in total. The Hall–Kier alpha value is 0.340. The zero-order valence-corrected chi connectivity index (χ0v) is 19.5. The molecule has 9 heteroatoms. The summed E-state index contributed by atoms with van der Waals surface area (Å²) in [5, 5.41) is 10.4. The zero-order valence-electron chi connectivity index (χ0n) is 17.8. The topological polar surface area (TPSA) is 94.5 Å². The molecule has 166 valence electrons. The highest BCUT2D eigenvalue weighted by molar-refractivity contribution is 8.54. The van der Waals surface area contributed by atoms with E-state index < -0.39 is 19.0 Å². The summed E-state index contributed by atoms with van der Waals surface area (Å²) < 4.78 is 35.7. The van der Waals surface area contributed by atoms with E-state index in [1.54, 1.807) is 0 Å². The summed E-state index contributed by atoms with van der Waals surface area (Å²) in [5.74, 6) is 0.0184. The molecule has 8 unspecified atom stereocenters. The van der Waals surface area contributed by atoms with E-state index in [0.29, 0.717) is 18.8 Å². The van der Waals surface area contributed by atoms with Gasteiger partial charge in [-0.2, -0.15) is 0 Å². The van der Waals surface area contributed by atoms with Gasteiger partial charge >= 0.3 is 6.80 Å². The normalized spacial score (nSPS) is 38.4. The van der Waals surface area contributed by atoms with E-state index in [1.165, 1.54) is 0 Å². The molecule has 8 atom stereocenters. The predicted molar refractivity (Wildman–Crippen MR) is 110 cm³/mol. The summed E-state index contributed by atoms with van der Waals surface area (Å²) in [4.78, 5) is 10.4. The Morgan fingerprint density at radius 3 is 2.43 bits per heavy atom. The van der Waals surface area contributed by atoms with Gasteiger partial charge in [-0.05, 0) is 58.3 Å². The third kappa shape index (κ3) is 7.24. The third-order valence-electron chi connectivity index (χ3n) is 5.23. The van der Waals surface area contributed by atoms with E-state index in [1.807, 2.05) is 41.5 Å². The van der Waals surface area contributed by atoms with Crippen LogP contribution in [0.25, 0.3) is 0 Å². The first-order valence-corrected chi connectivity index (χ1v) is 13.4. The van der Waals surface area contributed by atoms with Gasteiger partial charge in [-0.1, -0.05) is 6.92 Å². The quantitative estimate of drug-likeness (QED) is 0.498. The van der Waals surface area contributed by atoms with Gasteiger partial charge in [0.1, 0.15) is 0 Å². The second-order valence-corrected chi connectivity index (χ2v) is 12.5. The summed E-state index contributed by atoms with van der Waals surface area (Å²) in [6.07, 6.45) is 0.0643. The Morgan fingerprint density at radius 2 is 1.82 bits per heavy atom. The van der Waals surface area contributed by atoms with Crippen molar-refractivity contribution < 1.29 is 33.3 Å². The molecule has 2 rings (SSSR count). The third-order valence-corrected chi connectivity index (χ3v) is 8.25. The standard InChI is InChI=1S/C19H37O7PS/c1-11(2)23-9-15-16(7-13(5)19(15)20)26-27(21,22)28-10-18-17(24-12(3)4)8-14(6)25-18/h11-20H,7-10H2,1-6H3,(H,21,22). The fourth-order valence-electron chi connectivity index (χ4n) is 3.88. The van der Waals surface area contributed by atoms with Crippen LogP contribution in [0, 0.1) is 11.8 Å². The molecule has 0 aromatic carbocycles. The molecule has 1 aliphatic carbocycles. The lowest BCUT2D eigenvalue weighted by atomic mass is 10.0. The SMILES string of the molecule is CC(C)OCC1C(OP(=O)(O)SCC2OC(C)CC2OC(C)C)CC(C)C1O. The highest BCUT2D eigenvalue weighted by Gasteiger charge is 2.45. The van der Waals surface area contributed by atoms with Gasteiger partial charge < -0.3 is 24.2 Å². The molecular formula is C19H37O7PS. The molecule has 0 aromatic heterocycles. The molecule has 0 bridgehead atoms. The van der Waals surface area contributed by atoms with E-state index in [-0.39, 0.29) is 42.4 Å². The molecule has 1 saturated heterocycles. The first kappa shape index (κ1) is 24.6. The van der Waals surface area contributed by atoms with E-state index in [0.717, 1.165) is 17.8 Å². The van der Waals surface area contributed by atoms with Crippen molar-refractivity contribution in [3.8, 4) is 0 Å². The summed E-state index contributed by atoms with van der Waals surface area (Å²) in [6, 6.07) is 0. The number of aliphatic hydroxyl groups excluding tert-OH is 1. The van der Waals surface area contributed by atoms with E-state index >= 15 is 0 Å². The van der Waals surface area contributed by atoms with Crippen LogP contribution in [0.1, 0.15) is 54.4 Å². The van der Waals surface area contributed by atoms with Gasteiger partial charge in [0, 0.05) is 18.1 Å². The lowest BCUT2D eigenvalue weighted by Gasteiger charge is -2.26. The van der Waals surface area contributed by atoms with Crippen molar-refractivity contribution in [2.75, 3.05) is 12.4 Å². The predicted octanol–water partition coefficient (Wildman–Crippen LogP) is 3.62. The number of ether oxygens (including phenoxy) is 3. The minimum Gasteiger partial charge on any atom is -0.392 e. The van der Waals surface area contributed by atoms with Crippen LogP contribution in [0.4, 0.5) is 0 Å². The molecule has 0 aromatic rings. The van der Waals surface area contributed by atoms with Crippen molar-refractivity contribution in [1.29, 1.82) is 0 Å². The van der Waals surface area contributed by atoms with Crippen LogP contribution in [0.3, 0.4) is 0 Å². The molecule has 0 radical (unpaired) electrons. The second kappa shape index (κ2) is 10.6. The monoisotopic (exact) mass is 440 g/mol. The van der Waals surface area contributed by atoms with Gasteiger partial charge in [0.05, 0.1) is 49.3 Å². The van der Waals surface area contributed by atoms with Crippen LogP contribution >= 0.6 is 18.2 Å². The summed E-state index contributed by atoms with van der Waals surface area (Å²) in [7, 11) is 0. The Kier molecular flexibility index (Phi) is 9.30. The van der Waals surface area contributed by atoms with Crippen molar-refractivity contribution in [2.24, 2.45) is 11.8 Å². The highest BCUT2D eigenvalue weighted by Crippen LogP contribution is 2.59. The number of aliphatic hydroxyl groups is 1. The van der Waals surface area contributed by atoms with Gasteiger partial charge in [-0.15, -0.1) is 0 Å². The van der Waals surface area contributed by atoms with Gasteiger partial charge in [0.25, 0.3) is 0 Å². The second-order valence-electron chi connectivity index (χ2n) is 8.60. The maximum atomic E-state index is 12.7. The Labute approximate surface area is 173 Å². The highest BCUT2D eigenvalue weighted by atomic mass is 32.7. The van der Waals surface area contributed by atoms with Gasteiger partial charge in [0.2, 0.25) is 0 Å². The average molecular weight is 441 g/mol. The maximum Gasteiger partial charge on any atom is 0.386 e. The smallest absolute Gasteiger partial charge is 0.386 e. The minimum absolute atomic E-state index is 0.00130. The molecular weight excluding hydrogens is 403 g/mol. The molecule has 2 fully saturated rings. The summed E-state index contributed by atoms with van der Waals surface area (Å²) in [5.41, 5.74) is 0. The zero-order chi connectivity index (χ0) is 21.1. The molecule has 2 aliphatic rings. The first-order valence-electron chi connectivity index (χ1n) is 10.2. The number of hydrogen-bond acceptors (Lipinski definition) is 7. The average Bonchev–Trinajstić information content (AvgIpc) is 3.02. The van der Waals surface area contributed by atoms with E-state index in [2.05, 4.69) is 0 Å². The molecule has 28 heavy (non-hydrogen) atoms. The molecule has 0 amide bonds. The number of rotatable bonds is 10. The van der Waals surface area contributed by atoms with Crippen molar-refractivity contribution >= 4 is 18.2 Å². The minimum atomic E-state index is -3.90. The molecule has 2 N–H and O–H groups in total. The molecule has 1 heterocycles.